The third kappa shape index (κ3) is 4.62. The van der Waals surface area contributed by atoms with Crippen LogP contribution in [0.4, 0.5) is 0 Å². The van der Waals surface area contributed by atoms with Crippen LogP contribution in [-0.4, -0.2) is 36.9 Å². The average Bonchev–Trinajstić information content (AvgIpc) is 2.61. The Kier molecular flexibility index (Phi) is 6.89. The normalized spacial score (nSPS) is 17.4. The molecule has 0 N–H and O–H groups in total. The molecule has 0 amide bonds. The molecule has 6 nitrogen and oxygen atoms in total. The molecule has 1 heterocycles. The summed E-state index contributed by atoms with van der Waals surface area (Å²) in [5, 5.41) is 10.5. The Morgan fingerprint density at radius 2 is 2.00 bits per heavy atom. The summed E-state index contributed by atoms with van der Waals surface area (Å²) in [6.45, 7) is 3.54. The fourth-order valence-electron chi connectivity index (χ4n) is 2.56. The summed E-state index contributed by atoms with van der Waals surface area (Å²) >= 11 is 12.1. The van der Waals surface area contributed by atoms with Crippen molar-refractivity contribution in [3.63, 3.8) is 0 Å². The van der Waals surface area contributed by atoms with Crippen LogP contribution in [0.25, 0.3) is 0 Å². The van der Waals surface area contributed by atoms with Gasteiger partial charge in [-0.2, -0.15) is 10.3 Å². The van der Waals surface area contributed by atoms with Gasteiger partial charge in [0.1, 0.15) is 17.4 Å². The van der Waals surface area contributed by atoms with Gasteiger partial charge in [-0.15, -0.1) is 0 Å². The molecule has 1 aliphatic rings. The number of benzene rings is 1. The average molecular weight is 408 g/mol. The molecular weight excluding hydrogens is 389 g/mol. The minimum atomic E-state index is -0.703. The van der Waals surface area contributed by atoms with E-state index < -0.39 is 11.9 Å². The molecular formula is C19H19Cl2N3O3. The number of aliphatic imine (C=N–C) groups is 1. The van der Waals surface area contributed by atoms with E-state index in [0.29, 0.717) is 16.3 Å². The molecule has 0 spiro atoms. The summed E-state index contributed by atoms with van der Waals surface area (Å²) in [5.74, 6) is -0.911. The van der Waals surface area contributed by atoms with Crippen LogP contribution in [0.1, 0.15) is 25.3 Å². The number of ether oxygens (including phenoxy) is 2. The number of rotatable bonds is 4. The maximum absolute atomic E-state index is 12.6. The van der Waals surface area contributed by atoms with Gasteiger partial charge in [0.25, 0.3) is 0 Å². The minimum absolute atomic E-state index is 0.0432. The Morgan fingerprint density at radius 3 is 2.52 bits per heavy atom. The first-order chi connectivity index (χ1) is 12.8. The molecule has 1 unspecified atom stereocenters. The summed E-state index contributed by atoms with van der Waals surface area (Å²) in [7, 11) is 3.43. The van der Waals surface area contributed by atoms with E-state index in [4.69, 9.17) is 32.7 Å². The Balaban J connectivity index is 2.68. The lowest BCUT2D eigenvalue weighted by atomic mass is 9.83. The van der Waals surface area contributed by atoms with Gasteiger partial charge in [0.15, 0.2) is 0 Å². The Labute approximate surface area is 168 Å². The van der Waals surface area contributed by atoms with E-state index in [-0.39, 0.29) is 28.9 Å². The van der Waals surface area contributed by atoms with Gasteiger partial charge in [-0.25, -0.2) is 4.79 Å². The third-order valence-corrected chi connectivity index (χ3v) is 4.49. The smallest absolute Gasteiger partial charge is 0.338 e. The monoisotopic (exact) mass is 407 g/mol. The second-order valence-corrected chi connectivity index (χ2v) is 6.66. The van der Waals surface area contributed by atoms with Crippen LogP contribution in [0.5, 0.6) is 0 Å². The lowest BCUT2D eigenvalue weighted by Gasteiger charge is -2.27. The van der Waals surface area contributed by atoms with E-state index >= 15 is 0 Å². The van der Waals surface area contributed by atoms with Gasteiger partial charge >= 0.3 is 5.97 Å². The van der Waals surface area contributed by atoms with E-state index in [2.05, 4.69) is 11.1 Å². The van der Waals surface area contributed by atoms with Gasteiger partial charge in [-0.3, -0.25) is 0 Å². The van der Waals surface area contributed by atoms with Crippen LogP contribution in [0.2, 0.25) is 5.02 Å². The summed E-state index contributed by atoms with van der Waals surface area (Å²) < 4.78 is 10.8. The maximum Gasteiger partial charge on any atom is 0.338 e. The first-order valence-corrected chi connectivity index (χ1v) is 8.92. The lowest BCUT2D eigenvalue weighted by molar-refractivity contribution is -0.139. The molecule has 0 radical (unpaired) electrons. The van der Waals surface area contributed by atoms with E-state index in [1.165, 1.54) is 0 Å². The van der Waals surface area contributed by atoms with Gasteiger partial charge in [-0.05, 0) is 43.1 Å². The summed E-state index contributed by atoms with van der Waals surface area (Å²) in [6.07, 6.45) is 0. The third-order valence-electron chi connectivity index (χ3n) is 3.82. The van der Waals surface area contributed by atoms with Crippen molar-refractivity contribution >= 4 is 34.5 Å². The predicted molar refractivity (Wildman–Crippen MR) is 104 cm³/mol. The molecule has 1 aromatic rings. The van der Waals surface area contributed by atoms with Crippen molar-refractivity contribution in [2.24, 2.45) is 4.99 Å². The van der Waals surface area contributed by atoms with Gasteiger partial charge in [0.05, 0.1) is 18.1 Å². The van der Waals surface area contributed by atoms with Crippen LogP contribution in [0.15, 0.2) is 52.0 Å². The molecule has 0 saturated heterocycles. The number of carbonyl (C=O) groups excluding carboxylic acids is 1. The number of hydrogen-bond donors (Lipinski definition) is 0. The van der Waals surface area contributed by atoms with Crippen molar-refractivity contribution < 1.29 is 14.3 Å². The highest BCUT2D eigenvalue weighted by molar-refractivity contribution is 6.64. The van der Waals surface area contributed by atoms with Crippen molar-refractivity contribution in [1.82, 2.24) is 4.90 Å². The van der Waals surface area contributed by atoms with Crippen LogP contribution in [-0.2, 0) is 14.3 Å². The number of allylic oxidation sites excluding steroid dienone is 2. The highest BCUT2D eigenvalue weighted by Gasteiger charge is 2.37. The zero-order chi connectivity index (χ0) is 20.1. The second-order valence-electron chi connectivity index (χ2n) is 5.88. The maximum atomic E-state index is 12.6. The van der Waals surface area contributed by atoms with Gasteiger partial charge in [0, 0.05) is 19.1 Å². The quantitative estimate of drug-likeness (QED) is 0.323. The van der Waals surface area contributed by atoms with Crippen LogP contribution < -0.4 is 0 Å². The summed E-state index contributed by atoms with van der Waals surface area (Å²) in [6, 6.07) is 8.98. The molecule has 1 aromatic carbocycles. The highest BCUT2D eigenvalue weighted by atomic mass is 35.5. The minimum Gasteiger partial charge on any atom is -0.463 e. The largest absolute Gasteiger partial charge is 0.463 e. The molecule has 0 saturated carbocycles. The predicted octanol–water partition coefficient (Wildman–Crippen LogP) is 4.18. The molecule has 0 fully saturated rings. The highest BCUT2D eigenvalue weighted by Crippen LogP contribution is 2.41. The van der Waals surface area contributed by atoms with Gasteiger partial charge in [-0.1, -0.05) is 23.7 Å². The molecule has 0 aliphatic carbocycles. The number of nitrogens with zero attached hydrogens (tertiary/aromatic N) is 3. The Morgan fingerprint density at radius 1 is 1.37 bits per heavy atom. The van der Waals surface area contributed by atoms with Crippen molar-refractivity contribution in [3.8, 4) is 6.07 Å². The molecule has 27 heavy (non-hydrogen) atoms. The summed E-state index contributed by atoms with van der Waals surface area (Å²) in [4.78, 5) is 18.3. The van der Waals surface area contributed by atoms with Crippen molar-refractivity contribution in [2.75, 3.05) is 20.7 Å². The topological polar surface area (TPSA) is 74.9 Å². The number of amidine groups is 1. The fourth-order valence-corrected chi connectivity index (χ4v) is 2.77. The van der Waals surface area contributed by atoms with Crippen LogP contribution >= 0.6 is 23.2 Å². The van der Waals surface area contributed by atoms with E-state index in [1.807, 2.05) is 0 Å². The summed E-state index contributed by atoms with van der Waals surface area (Å²) in [5.41, 5.74) is 1.09. The number of hydrogen-bond acceptors (Lipinski definition) is 5. The first kappa shape index (κ1) is 20.8. The zero-order valence-electron chi connectivity index (χ0n) is 15.4. The second kappa shape index (κ2) is 8.94. The van der Waals surface area contributed by atoms with Crippen LogP contribution in [0, 0.1) is 11.3 Å². The zero-order valence-corrected chi connectivity index (χ0v) is 16.9. The van der Waals surface area contributed by atoms with Crippen molar-refractivity contribution in [1.29, 1.82) is 5.26 Å². The Bertz CT molecular complexity index is 865. The molecule has 142 valence electrons. The van der Waals surface area contributed by atoms with Crippen LogP contribution in [0.3, 0.4) is 0 Å². The Hall–Kier alpha value is -2.49. The first-order valence-electron chi connectivity index (χ1n) is 8.17. The van der Waals surface area contributed by atoms with E-state index in [0.717, 1.165) is 0 Å². The molecule has 0 aromatic heterocycles. The standard InChI is InChI=1S/C19H19Cl2N3O3/c1-5-26-18(25)15-11(2)27-17(23-19(21)24(3)4)14(10-22)16(15)12-6-8-13(20)9-7-12/h6-9,16H,5H2,1-4H3/b23-19+. The SMILES string of the molecule is CCOC(=O)C1=C(C)OC(/N=C(\Cl)N(C)C)=C(C#N)C1c1ccc(Cl)cc1. The molecule has 1 atom stereocenters. The molecule has 1 aliphatic heterocycles. The molecule has 0 bridgehead atoms. The number of esters is 1. The van der Waals surface area contributed by atoms with Gasteiger partial charge < -0.3 is 14.4 Å². The molecule has 8 heteroatoms. The fraction of sp³-hybridized carbons (Fsp3) is 0.316. The van der Waals surface area contributed by atoms with E-state index in [9.17, 15) is 10.1 Å². The number of halogens is 2. The molecule has 2 rings (SSSR count). The van der Waals surface area contributed by atoms with Crippen molar-refractivity contribution in [3.05, 3.63) is 57.6 Å². The number of carbonyl (C=O) groups is 1. The lowest BCUT2D eigenvalue weighted by Crippen LogP contribution is -2.24. The van der Waals surface area contributed by atoms with E-state index in [1.54, 1.807) is 57.1 Å². The van der Waals surface area contributed by atoms with Gasteiger partial charge in [0.2, 0.25) is 11.2 Å². The number of nitriles is 1. The van der Waals surface area contributed by atoms with Crippen molar-refractivity contribution in [2.45, 2.75) is 19.8 Å².